The molecule has 192 valence electrons. The smallest absolute Gasteiger partial charge is 0.285 e. The summed E-state index contributed by atoms with van der Waals surface area (Å²) >= 11 is 0. The lowest BCUT2D eigenvalue weighted by molar-refractivity contribution is -0.385. The number of nitro groups is 1. The van der Waals surface area contributed by atoms with Gasteiger partial charge in [0.05, 0.1) is 4.92 Å². The normalized spacial score (nSPS) is 13.2. The van der Waals surface area contributed by atoms with Gasteiger partial charge in [0, 0.05) is 63.4 Å². The van der Waals surface area contributed by atoms with Crippen LogP contribution < -0.4 is 15.5 Å². The van der Waals surface area contributed by atoms with Crippen molar-refractivity contribution in [1.29, 1.82) is 0 Å². The average Bonchev–Trinajstić information content (AvgIpc) is 2.90. The molecule has 0 radical (unpaired) electrons. The second-order valence-corrected chi connectivity index (χ2v) is 8.72. The highest BCUT2D eigenvalue weighted by molar-refractivity contribution is 5.98. The van der Waals surface area contributed by atoms with Gasteiger partial charge in [-0.3, -0.25) is 19.7 Å². The minimum atomic E-state index is -0.495. The summed E-state index contributed by atoms with van der Waals surface area (Å²) in [5, 5.41) is 17.5. The molecule has 11 nitrogen and oxygen atoms in total. The molecule has 1 aliphatic heterocycles. The molecule has 2 amide bonds. The van der Waals surface area contributed by atoms with Crippen molar-refractivity contribution in [1.82, 2.24) is 20.2 Å². The lowest BCUT2D eigenvalue weighted by Crippen LogP contribution is -2.49. The Kier molecular flexibility index (Phi) is 7.92. The molecule has 0 unspecified atom stereocenters. The van der Waals surface area contributed by atoms with Gasteiger partial charge in [-0.05, 0) is 13.0 Å². The van der Waals surface area contributed by atoms with Gasteiger partial charge < -0.3 is 20.4 Å². The molecule has 0 spiro atoms. The van der Waals surface area contributed by atoms with Gasteiger partial charge in [0.25, 0.3) is 11.6 Å². The number of hydrogen-bond acceptors (Lipinski definition) is 8. The van der Waals surface area contributed by atoms with Crippen LogP contribution in [0.3, 0.4) is 0 Å². The highest BCUT2D eigenvalue weighted by atomic mass is 16.6. The van der Waals surface area contributed by atoms with Crippen LogP contribution in [-0.4, -0.2) is 70.9 Å². The summed E-state index contributed by atoms with van der Waals surface area (Å²) in [5.41, 5.74) is 1.29. The van der Waals surface area contributed by atoms with E-state index in [1.54, 1.807) is 24.0 Å². The maximum Gasteiger partial charge on any atom is 0.285 e. The minimum absolute atomic E-state index is 0.0986. The molecule has 2 N–H and O–H groups in total. The second kappa shape index (κ2) is 11.5. The van der Waals surface area contributed by atoms with Gasteiger partial charge in [-0.15, -0.1) is 0 Å². The number of nitrogens with zero attached hydrogens (tertiary/aromatic N) is 5. The van der Waals surface area contributed by atoms with Gasteiger partial charge >= 0.3 is 0 Å². The van der Waals surface area contributed by atoms with E-state index < -0.39 is 4.92 Å². The zero-order chi connectivity index (χ0) is 26.4. The molecule has 1 fully saturated rings. The maximum absolute atomic E-state index is 13.1. The first kappa shape index (κ1) is 25.5. The Labute approximate surface area is 214 Å². The topological polar surface area (TPSA) is 134 Å². The summed E-state index contributed by atoms with van der Waals surface area (Å²) in [6.45, 7) is 5.90. The van der Waals surface area contributed by atoms with E-state index in [2.05, 4.69) is 20.5 Å². The standard InChI is InChI=1S/C26H29N7O4/c1-18-7-6-10-21(24(18)33(36)37)26(35)32-15-13-31(14-16-32)23-17-22(28-12-11-27-19(2)34)29-25(30-23)20-8-4-3-5-9-20/h3-10,17H,11-16H2,1-2H3,(H,27,34)(H,28,29,30). The summed E-state index contributed by atoms with van der Waals surface area (Å²) in [6, 6.07) is 16.3. The van der Waals surface area contributed by atoms with Crippen LogP contribution in [0, 0.1) is 17.0 Å². The molecular weight excluding hydrogens is 474 g/mol. The van der Waals surface area contributed by atoms with Crippen LogP contribution in [0.2, 0.25) is 0 Å². The Morgan fingerprint density at radius 3 is 2.41 bits per heavy atom. The quantitative estimate of drug-likeness (QED) is 0.272. The fourth-order valence-electron chi connectivity index (χ4n) is 4.22. The molecule has 1 aromatic heterocycles. The van der Waals surface area contributed by atoms with E-state index in [0.29, 0.717) is 62.3 Å². The summed E-state index contributed by atoms with van der Waals surface area (Å²) in [6.07, 6.45) is 0. The SMILES string of the molecule is CC(=O)NCCNc1cc(N2CCN(C(=O)c3cccc(C)c3[N+](=O)[O-])CC2)nc(-c2ccccc2)n1. The van der Waals surface area contributed by atoms with Crippen LogP contribution in [0.1, 0.15) is 22.8 Å². The molecule has 0 saturated carbocycles. The van der Waals surface area contributed by atoms with Gasteiger partial charge in [0.1, 0.15) is 17.2 Å². The van der Waals surface area contributed by atoms with E-state index >= 15 is 0 Å². The highest BCUT2D eigenvalue weighted by Gasteiger charge is 2.29. The predicted molar refractivity (Wildman–Crippen MR) is 141 cm³/mol. The van der Waals surface area contributed by atoms with E-state index in [9.17, 15) is 19.7 Å². The van der Waals surface area contributed by atoms with Gasteiger partial charge in [0.2, 0.25) is 5.91 Å². The molecule has 2 aromatic carbocycles. The van der Waals surface area contributed by atoms with Crippen molar-refractivity contribution in [2.24, 2.45) is 0 Å². The van der Waals surface area contributed by atoms with E-state index in [-0.39, 0.29) is 23.1 Å². The number of nitrogens with one attached hydrogen (secondary N) is 2. The number of nitro benzene ring substituents is 1. The molecule has 37 heavy (non-hydrogen) atoms. The highest BCUT2D eigenvalue weighted by Crippen LogP contribution is 2.26. The van der Waals surface area contributed by atoms with E-state index in [1.165, 1.54) is 13.0 Å². The van der Waals surface area contributed by atoms with Crippen molar-refractivity contribution in [3.63, 3.8) is 0 Å². The fraction of sp³-hybridized carbons (Fsp3) is 0.308. The van der Waals surface area contributed by atoms with E-state index in [0.717, 1.165) is 5.56 Å². The molecule has 0 aliphatic carbocycles. The molecule has 1 aliphatic rings. The Hall–Kier alpha value is -4.54. The van der Waals surface area contributed by atoms with Gasteiger partial charge in [-0.25, -0.2) is 9.97 Å². The van der Waals surface area contributed by atoms with Crippen molar-refractivity contribution in [2.75, 3.05) is 49.5 Å². The van der Waals surface area contributed by atoms with Crippen molar-refractivity contribution in [3.05, 3.63) is 75.8 Å². The number of carbonyl (C=O) groups excluding carboxylic acids is 2. The van der Waals surface area contributed by atoms with Gasteiger partial charge in [-0.1, -0.05) is 42.5 Å². The summed E-state index contributed by atoms with van der Waals surface area (Å²) in [4.78, 5) is 48.5. The lowest BCUT2D eigenvalue weighted by Gasteiger charge is -2.35. The molecule has 1 saturated heterocycles. The van der Waals surface area contributed by atoms with E-state index in [4.69, 9.17) is 4.98 Å². The number of piperazine rings is 1. The van der Waals surface area contributed by atoms with Crippen molar-refractivity contribution >= 4 is 29.1 Å². The molecule has 3 aromatic rings. The zero-order valence-corrected chi connectivity index (χ0v) is 20.8. The van der Waals surface area contributed by atoms with Crippen LogP contribution in [0.4, 0.5) is 17.3 Å². The first-order chi connectivity index (χ1) is 17.8. The molecule has 0 atom stereocenters. The molecule has 11 heteroatoms. The first-order valence-electron chi connectivity index (χ1n) is 12.0. The van der Waals surface area contributed by atoms with Crippen LogP contribution in [-0.2, 0) is 4.79 Å². The second-order valence-electron chi connectivity index (χ2n) is 8.72. The number of rotatable bonds is 8. The third-order valence-electron chi connectivity index (χ3n) is 6.09. The largest absolute Gasteiger partial charge is 0.368 e. The minimum Gasteiger partial charge on any atom is -0.368 e. The number of hydrogen-bond donors (Lipinski definition) is 2. The number of anilines is 2. The van der Waals surface area contributed by atoms with Crippen LogP contribution in [0.5, 0.6) is 0 Å². The molecular formula is C26H29N7O4. The van der Waals surface area contributed by atoms with Gasteiger partial charge in [0.15, 0.2) is 5.82 Å². The number of benzene rings is 2. The van der Waals surface area contributed by atoms with Crippen molar-refractivity contribution < 1.29 is 14.5 Å². The fourth-order valence-corrected chi connectivity index (χ4v) is 4.22. The third-order valence-corrected chi connectivity index (χ3v) is 6.09. The third kappa shape index (κ3) is 6.18. The molecule has 2 heterocycles. The number of amides is 2. The number of carbonyl (C=O) groups is 2. The number of para-hydroxylation sites is 1. The molecule has 4 rings (SSSR count). The number of aromatic nitrogens is 2. The zero-order valence-electron chi connectivity index (χ0n) is 20.8. The van der Waals surface area contributed by atoms with Gasteiger partial charge in [-0.2, -0.15) is 0 Å². The summed E-state index contributed by atoms with van der Waals surface area (Å²) in [7, 11) is 0. The summed E-state index contributed by atoms with van der Waals surface area (Å²) in [5.74, 6) is 1.46. The Bertz CT molecular complexity index is 1290. The predicted octanol–water partition coefficient (Wildman–Crippen LogP) is 2.87. The lowest BCUT2D eigenvalue weighted by atomic mass is 10.1. The van der Waals surface area contributed by atoms with Crippen LogP contribution in [0.15, 0.2) is 54.6 Å². The summed E-state index contributed by atoms with van der Waals surface area (Å²) < 4.78 is 0. The van der Waals surface area contributed by atoms with E-state index in [1.807, 2.05) is 36.4 Å². The van der Waals surface area contributed by atoms with Crippen LogP contribution in [0.25, 0.3) is 11.4 Å². The average molecular weight is 504 g/mol. The number of aryl methyl sites for hydroxylation is 1. The van der Waals surface area contributed by atoms with Crippen LogP contribution >= 0.6 is 0 Å². The Morgan fingerprint density at radius 2 is 1.73 bits per heavy atom. The van der Waals surface area contributed by atoms with Crippen molar-refractivity contribution in [3.8, 4) is 11.4 Å². The maximum atomic E-state index is 13.1. The monoisotopic (exact) mass is 503 g/mol. The Balaban J connectivity index is 1.51. The first-order valence-corrected chi connectivity index (χ1v) is 12.0. The molecule has 0 bridgehead atoms. The van der Waals surface area contributed by atoms with Crippen molar-refractivity contribution in [2.45, 2.75) is 13.8 Å². The Morgan fingerprint density at radius 1 is 1.00 bits per heavy atom.